The van der Waals surface area contributed by atoms with Crippen molar-refractivity contribution in [2.24, 2.45) is 5.10 Å². The van der Waals surface area contributed by atoms with Gasteiger partial charge < -0.3 is 9.90 Å². The van der Waals surface area contributed by atoms with Gasteiger partial charge in [0, 0.05) is 0 Å². The van der Waals surface area contributed by atoms with Gasteiger partial charge in [0.15, 0.2) is 5.84 Å². The molecule has 0 atom stereocenters. The summed E-state index contributed by atoms with van der Waals surface area (Å²) in [4.78, 5) is 9.46. The molecule has 0 saturated heterocycles. The van der Waals surface area contributed by atoms with E-state index in [1.807, 2.05) is 0 Å². The minimum absolute atomic E-state index is 0. The fourth-order valence-electron chi connectivity index (χ4n) is 0.119. The summed E-state index contributed by atoms with van der Waals surface area (Å²) in [6.45, 7) is 0. The van der Waals surface area contributed by atoms with E-state index in [0.29, 0.717) is 0 Å². The van der Waals surface area contributed by atoms with Gasteiger partial charge in [-0.2, -0.15) is 5.10 Å². The molecule has 1 aliphatic rings. The van der Waals surface area contributed by atoms with Crippen LogP contribution in [0.4, 0.5) is 0 Å². The molecule has 0 fully saturated rings. The van der Waals surface area contributed by atoms with Crippen LogP contribution < -0.4 is 40.1 Å². The Morgan fingerprint density at radius 3 is 2.29 bits per heavy atom. The van der Waals surface area contributed by atoms with Gasteiger partial charge in [-0.1, -0.05) is 0 Å². The van der Waals surface area contributed by atoms with Gasteiger partial charge in [-0.3, -0.25) is 5.43 Å². The van der Waals surface area contributed by atoms with E-state index in [2.05, 4.69) is 10.5 Å². The summed E-state index contributed by atoms with van der Waals surface area (Å²) in [5, 5.41) is 12.6. The van der Waals surface area contributed by atoms with E-state index in [0.717, 1.165) is 0 Å². The predicted octanol–water partition coefficient (Wildman–Crippen LogP) is -5.34. The molecule has 0 aromatic rings. The van der Waals surface area contributed by atoms with Crippen molar-refractivity contribution in [1.82, 2.24) is 5.43 Å². The fourth-order valence-corrected chi connectivity index (χ4v) is 0.119. The van der Waals surface area contributed by atoms with E-state index in [4.69, 9.17) is 0 Å². The number of hydrazone groups is 1. The smallest absolute Gasteiger partial charge is 0.541 e. The summed E-state index contributed by atoms with van der Waals surface area (Å²) in [6, 6.07) is 0. The minimum atomic E-state index is -1.24. The number of nitrogens with zero attached hydrogens (tertiary/aromatic N) is 1. The van der Waals surface area contributed by atoms with Gasteiger partial charge in [-0.05, 0) is 0 Å². The Labute approximate surface area is 61.9 Å². The van der Waals surface area contributed by atoms with E-state index in [1.54, 1.807) is 0 Å². The maximum absolute atomic E-state index is 9.46. The van der Waals surface area contributed by atoms with Crippen LogP contribution in [0.3, 0.4) is 0 Å². The molecule has 0 unspecified atom stereocenters. The molecule has 0 bridgehead atoms. The van der Waals surface area contributed by atoms with Crippen LogP contribution in [0.15, 0.2) is 5.10 Å². The first-order chi connectivity index (χ1) is 2.80. The second kappa shape index (κ2) is 2.30. The van der Waals surface area contributed by atoms with E-state index < -0.39 is 5.97 Å². The fraction of sp³-hybridized carbons (Fsp3) is 0. The third-order valence-corrected chi connectivity index (χ3v) is 0.417. The second-order valence-electron chi connectivity index (χ2n) is 0.860. The number of carboxylic acid groups (broad SMARTS) is 1. The van der Waals surface area contributed by atoms with Gasteiger partial charge in [0.05, 0.1) is 0 Å². The third-order valence-electron chi connectivity index (χ3n) is 0.417. The molecule has 1 heterocycles. The third kappa shape index (κ3) is 1.91. The molecule has 0 aliphatic carbocycles. The van der Waals surface area contributed by atoms with Crippen molar-refractivity contribution in [1.29, 1.82) is 0 Å². The number of hydrogen-bond acceptors (Lipinski definition) is 4. The number of carbonyl (C=O) groups is 1. The molecule has 0 radical (unpaired) electrons. The van der Waals surface area contributed by atoms with Crippen LogP contribution in [0.5, 0.6) is 0 Å². The van der Waals surface area contributed by atoms with Crippen molar-refractivity contribution in [3.05, 3.63) is 0 Å². The van der Waals surface area contributed by atoms with Gasteiger partial charge in [-0.25, -0.2) is 0 Å². The first-order valence-corrected chi connectivity index (χ1v) is 1.36. The summed E-state index contributed by atoms with van der Waals surface area (Å²) in [6.07, 6.45) is 0. The maximum Gasteiger partial charge on any atom is 1.00 e. The molecule has 1 N–H and O–H groups in total. The van der Waals surface area contributed by atoms with Gasteiger partial charge in [0.2, 0.25) is 0 Å². The Morgan fingerprint density at radius 2 is 2.29 bits per heavy atom. The Balaban J connectivity index is 0.000000360. The van der Waals surface area contributed by atoms with E-state index in [9.17, 15) is 9.90 Å². The summed E-state index contributed by atoms with van der Waals surface area (Å²) >= 11 is 0. The molecule has 0 saturated carbocycles. The first kappa shape index (κ1) is 6.94. The molecule has 0 aromatic carbocycles. The molecular weight excluding hydrogens is 107 g/mol. The van der Waals surface area contributed by atoms with Crippen LogP contribution in [-0.2, 0) is 4.79 Å². The van der Waals surface area contributed by atoms with Crippen LogP contribution in [0.25, 0.3) is 0 Å². The van der Waals surface area contributed by atoms with Crippen LogP contribution in [0.2, 0.25) is 0 Å². The maximum atomic E-state index is 9.46. The number of nitrogens with one attached hydrogen (secondary N) is 1. The Hall–Kier alpha value is -0.0600. The molecule has 7 heavy (non-hydrogen) atoms. The number of carboxylic acids is 1. The summed E-state index contributed by atoms with van der Waals surface area (Å²) in [5.41, 5.74) is 2.11. The van der Waals surface area contributed by atoms with E-state index in [1.165, 1.54) is 0 Å². The Bertz CT molecular complexity index is 121. The number of rotatable bonds is 1. The van der Waals surface area contributed by atoms with Crippen LogP contribution in [0.1, 0.15) is 0 Å². The normalized spacial score (nSPS) is 12.9. The van der Waals surface area contributed by atoms with Crippen molar-refractivity contribution in [3.63, 3.8) is 0 Å². The van der Waals surface area contributed by atoms with Gasteiger partial charge in [0.25, 0.3) is 0 Å². The average molecular weight is 108 g/mol. The number of amidine groups is 1. The largest absolute Gasteiger partial charge is 1.00 e. The van der Waals surface area contributed by atoms with Crippen molar-refractivity contribution in [2.45, 2.75) is 0 Å². The van der Waals surface area contributed by atoms with Crippen molar-refractivity contribution in [2.75, 3.05) is 0 Å². The molecule has 0 spiro atoms. The van der Waals surface area contributed by atoms with Crippen molar-refractivity contribution in [3.8, 4) is 0 Å². The zero-order valence-electron chi connectivity index (χ0n) is 3.76. The predicted molar refractivity (Wildman–Crippen MR) is 15.6 cm³/mol. The topological polar surface area (TPSA) is 74.4 Å². The molecule has 5 heteroatoms. The summed E-state index contributed by atoms with van der Waals surface area (Å²) < 4.78 is 0. The molecule has 1 aliphatic heterocycles. The van der Waals surface area contributed by atoms with Crippen molar-refractivity contribution >= 4 is 11.8 Å². The summed E-state index contributed by atoms with van der Waals surface area (Å²) in [7, 11) is 0. The first-order valence-electron chi connectivity index (χ1n) is 1.36. The second-order valence-corrected chi connectivity index (χ2v) is 0.860. The number of hydrogen-bond donors (Lipinski definition) is 1. The molecule has 0 amide bonds. The standard InChI is InChI=1S/C2H2N2O2.Na/c5-2(6)1-3-4-1;/h(H,3,4)(H,5,6);/q;+1/p-1. The Kier molecular flexibility index (Phi) is 2.28. The SMILES string of the molecule is O=C([O-])C1=NN1.[Na+]. The Morgan fingerprint density at radius 1 is 1.86 bits per heavy atom. The van der Waals surface area contributed by atoms with Gasteiger partial charge in [-0.15, -0.1) is 0 Å². The van der Waals surface area contributed by atoms with Crippen LogP contribution >= 0.6 is 0 Å². The monoisotopic (exact) mass is 108 g/mol. The zero-order valence-corrected chi connectivity index (χ0v) is 5.76. The quantitative estimate of drug-likeness (QED) is 0.341. The van der Waals surface area contributed by atoms with E-state index in [-0.39, 0.29) is 35.4 Å². The van der Waals surface area contributed by atoms with E-state index >= 15 is 0 Å². The van der Waals surface area contributed by atoms with Crippen LogP contribution in [0, 0.1) is 0 Å². The molecule has 32 valence electrons. The molecular formula is C2HN2NaO2. The zero-order chi connectivity index (χ0) is 4.57. The average Bonchev–Trinajstić information content (AvgIpc) is 2.06. The number of carbonyl (C=O) groups excluding carboxylic acids is 1. The molecule has 1 rings (SSSR count). The minimum Gasteiger partial charge on any atom is -0.541 e. The van der Waals surface area contributed by atoms with Crippen molar-refractivity contribution < 1.29 is 39.5 Å². The van der Waals surface area contributed by atoms with Gasteiger partial charge >= 0.3 is 29.6 Å². The molecule has 4 nitrogen and oxygen atoms in total. The van der Waals surface area contributed by atoms with Gasteiger partial charge in [0.1, 0.15) is 5.97 Å². The number of aliphatic carboxylic acids is 1. The van der Waals surface area contributed by atoms with Crippen LogP contribution in [-0.4, -0.2) is 11.8 Å². The summed E-state index contributed by atoms with van der Waals surface area (Å²) in [5.74, 6) is -1.30. The molecule has 0 aromatic heterocycles.